The zero-order valence-corrected chi connectivity index (χ0v) is 20.6. The van der Waals surface area contributed by atoms with Crippen molar-refractivity contribution < 1.29 is 24.2 Å². The quantitative estimate of drug-likeness (QED) is 0.604. The zero-order chi connectivity index (χ0) is 25.2. The molecule has 7 nitrogen and oxygen atoms in total. The second kappa shape index (κ2) is 10.1. The van der Waals surface area contributed by atoms with Gasteiger partial charge >= 0.3 is 12.1 Å². The Morgan fingerprint density at radius 3 is 2.23 bits per heavy atom. The van der Waals surface area contributed by atoms with Gasteiger partial charge in [-0.15, -0.1) is 0 Å². The molecule has 1 aliphatic heterocycles. The van der Waals surface area contributed by atoms with E-state index in [1.165, 1.54) is 11.1 Å². The number of nitrogens with zero attached hydrogens (tertiary/aromatic N) is 1. The van der Waals surface area contributed by atoms with E-state index in [1.807, 2.05) is 45.0 Å². The number of carbonyl (C=O) groups excluding carboxylic acids is 2. The second-order valence-electron chi connectivity index (χ2n) is 10.5. The van der Waals surface area contributed by atoms with Crippen LogP contribution in [0.15, 0.2) is 48.5 Å². The lowest BCUT2D eigenvalue weighted by Gasteiger charge is -2.38. The van der Waals surface area contributed by atoms with Crippen LogP contribution in [-0.2, 0) is 14.3 Å². The number of carbonyl (C=O) groups is 3. The number of rotatable bonds is 7. The van der Waals surface area contributed by atoms with Crippen molar-refractivity contribution in [2.24, 2.45) is 11.3 Å². The van der Waals surface area contributed by atoms with Crippen LogP contribution in [0.3, 0.4) is 0 Å². The average Bonchev–Trinajstić information content (AvgIpc) is 3.14. The number of aliphatic carboxylic acids is 1. The monoisotopic (exact) mass is 478 g/mol. The van der Waals surface area contributed by atoms with Crippen molar-refractivity contribution in [1.82, 2.24) is 10.2 Å². The number of amides is 2. The summed E-state index contributed by atoms with van der Waals surface area (Å²) in [4.78, 5) is 38.5. The summed E-state index contributed by atoms with van der Waals surface area (Å²) in [5, 5.41) is 12.1. The molecule has 1 saturated heterocycles. The third kappa shape index (κ3) is 5.50. The largest absolute Gasteiger partial charge is 0.481 e. The van der Waals surface area contributed by atoms with Crippen LogP contribution in [-0.4, -0.2) is 53.7 Å². The Morgan fingerprint density at radius 2 is 1.66 bits per heavy atom. The first-order valence-corrected chi connectivity index (χ1v) is 12.3. The number of benzene rings is 2. The van der Waals surface area contributed by atoms with Gasteiger partial charge in [-0.1, -0.05) is 62.4 Å². The highest BCUT2D eigenvalue weighted by molar-refractivity contribution is 5.79. The Hall–Kier alpha value is -3.35. The first-order valence-electron chi connectivity index (χ1n) is 12.3. The van der Waals surface area contributed by atoms with Gasteiger partial charge in [-0.05, 0) is 47.4 Å². The Bertz CT molecular complexity index is 1070. The molecule has 0 saturated carbocycles. The van der Waals surface area contributed by atoms with E-state index in [9.17, 15) is 19.5 Å². The minimum absolute atomic E-state index is 0.00189. The molecule has 186 valence electrons. The van der Waals surface area contributed by atoms with Crippen LogP contribution >= 0.6 is 0 Å². The molecule has 2 aromatic carbocycles. The van der Waals surface area contributed by atoms with Gasteiger partial charge in [-0.25, -0.2) is 4.79 Å². The first kappa shape index (κ1) is 24.8. The lowest BCUT2D eigenvalue weighted by molar-refractivity contribution is -0.148. The van der Waals surface area contributed by atoms with Gasteiger partial charge in [0.25, 0.3) is 0 Å². The number of nitrogens with one attached hydrogen (secondary N) is 1. The highest BCUT2D eigenvalue weighted by atomic mass is 16.5. The van der Waals surface area contributed by atoms with Crippen molar-refractivity contribution in [3.05, 3.63) is 59.7 Å². The third-order valence-corrected chi connectivity index (χ3v) is 7.23. The molecule has 2 aromatic rings. The van der Waals surface area contributed by atoms with E-state index in [4.69, 9.17) is 4.74 Å². The molecule has 2 atom stereocenters. The number of carboxylic acid groups (broad SMARTS) is 1. The lowest BCUT2D eigenvalue weighted by atomic mass is 9.86. The molecule has 0 unspecified atom stereocenters. The maximum absolute atomic E-state index is 12.9. The summed E-state index contributed by atoms with van der Waals surface area (Å²) in [6.45, 7) is 6.76. The number of carboxylic acids is 1. The predicted octanol–water partition coefficient (Wildman–Crippen LogP) is 4.65. The van der Waals surface area contributed by atoms with Crippen LogP contribution < -0.4 is 5.32 Å². The number of alkyl carbamates (subject to hydrolysis) is 1. The molecule has 0 bridgehead atoms. The maximum atomic E-state index is 12.9. The van der Waals surface area contributed by atoms with Crippen LogP contribution in [0.1, 0.15) is 57.1 Å². The number of hydrogen-bond acceptors (Lipinski definition) is 4. The van der Waals surface area contributed by atoms with E-state index < -0.39 is 23.4 Å². The minimum atomic E-state index is -0.795. The highest BCUT2D eigenvalue weighted by Gasteiger charge is 2.35. The van der Waals surface area contributed by atoms with Gasteiger partial charge in [0.05, 0.1) is 5.92 Å². The fourth-order valence-corrected chi connectivity index (χ4v) is 5.30. The topological polar surface area (TPSA) is 95.9 Å². The summed E-state index contributed by atoms with van der Waals surface area (Å²) in [5.74, 6) is -1.20. The minimum Gasteiger partial charge on any atom is -0.481 e. The Morgan fingerprint density at radius 1 is 1.06 bits per heavy atom. The summed E-state index contributed by atoms with van der Waals surface area (Å²) >= 11 is 0. The van der Waals surface area contributed by atoms with E-state index in [2.05, 4.69) is 29.6 Å². The lowest BCUT2D eigenvalue weighted by Crippen LogP contribution is -2.48. The van der Waals surface area contributed by atoms with Crippen molar-refractivity contribution in [1.29, 1.82) is 0 Å². The van der Waals surface area contributed by atoms with E-state index in [1.54, 1.807) is 4.90 Å². The molecule has 2 amide bonds. The van der Waals surface area contributed by atoms with Crippen molar-refractivity contribution in [2.45, 2.75) is 52.0 Å². The predicted molar refractivity (Wildman–Crippen MR) is 133 cm³/mol. The van der Waals surface area contributed by atoms with Gasteiger partial charge in [0.15, 0.2) is 0 Å². The summed E-state index contributed by atoms with van der Waals surface area (Å²) in [7, 11) is 0. The molecular weight excluding hydrogens is 444 g/mol. The van der Waals surface area contributed by atoms with Gasteiger partial charge in [-0.3, -0.25) is 9.59 Å². The molecule has 0 radical (unpaired) electrons. The summed E-state index contributed by atoms with van der Waals surface area (Å²) in [6, 6.07) is 16.3. The normalized spacial score (nSPS) is 19.6. The molecule has 2 N–H and O–H groups in total. The zero-order valence-electron chi connectivity index (χ0n) is 20.6. The van der Waals surface area contributed by atoms with Crippen LogP contribution in [0.2, 0.25) is 0 Å². The Balaban J connectivity index is 1.28. The standard InChI is InChI=1S/C28H34N2O5/c1-18-14-19(26(32)33)12-13-30(18)25(31)15-28(2,3)17-29-27(34)35-16-24-22-10-6-4-8-20(22)21-9-5-7-11-23(21)24/h4-11,18-19,24H,12-17H2,1-3H3,(H,29,34)(H,32,33)/t18-,19-/m0/s1. The molecule has 7 heteroatoms. The molecular formula is C28H34N2O5. The van der Waals surface area contributed by atoms with Crippen molar-refractivity contribution in [2.75, 3.05) is 19.7 Å². The van der Waals surface area contributed by atoms with Crippen molar-refractivity contribution in [3.63, 3.8) is 0 Å². The molecule has 1 heterocycles. The van der Waals surface area contributed by atoms with E-state index in [-0.39, 0.29) is 30.9 Å². The summed E-state index contributed by atoms with van der Waals surface area (Å²) in [5.41, 5.74) is 4.21. The van der Waals surface area contributed by atoms with Gasteiger partial charge in [0.1, 0.15) is 6.61 Å². The average molecular weight is 479 g/mol. The number of ether oxygens (including phenoxy) is 1. The summed E-state index contributed by atoms with van der Waals surface area (Å²) < 4.78 is 5.61. The van der Waals surface area contributed by atoms with Crippen LogP contribution in [0.4, 0.5) is 4.79 Å². The van der Waals surface area contributed by atoms with Gasteiger partial charge in [-0.2, -0.15) is 0 Å². The van der Waals surface area contributed by atoms with Gasteiger partial charge in [0, 0.05) is 31.5 Å². The van der Waals surface area contributed by atoms with E-state index in [0.29, 0.717) is 25.9 Å². The van der Waals surface area contributed by atoms with Gasteiger partial charge in [0.2, 0.25) is 5.91 Å². The molecule has 1 aliphatic carbocycles. The molecule has 4 rings (SSSR count). The van der Waals surface area contributed by atoms with Gasteiger partial charge < -0.3 is 20.1 Å². The van der Waals surface area contributed by atoms with Crippen molar-refractivity contribution >= 4 is 18.0 Å². The number of piperidine rings is 1. The Kier molecular flexibility index (Phi) is 7.15. The smallest absolute Gasteiger partial charge is 0.407 e. The van der Waals surface area contributed by atoms with Crippen LogP contribution in [0.5, 0.6) is 0 Å². The first-order chi connectivity index (χ1) is 16.7. The third-order valence-electron chi connectivity index (χ3n) is 7.23. The van der Waals surface area contributed by atoms with Crippen LogP contribution in [0.25, 0.3) is 11.1 Å². The fraction of sp³-hybridized carbons (Fsp3) is 0.464. The SMILES string of the molecule is C[C@H]1C[C@@H](C(=O)O)CCN1C(=O)CC(C)(C)CNC(=O)OCC1c2ccccc2-c2ccccc21. The van der Waals surface area contributed by atoms with Crippen LogP contribution in [0, 0.1) is 11.3 Å². The second-order valence-corrected chi connectivity index (χ2v) is 10.5. The molecule has 35 heavy (non-hydrogen) atoms. The van der Waals surface area contributed by atoms with Crippen molar-refractivity contribution in [3.8, 4) is 11.1 Å². The fourth-order valence-electron chi connectivity index (χ4n) is 5.30. The van der Waals surface area contributed by atoms with E-state index >= 15 is 0 Å². The highest BCUT2D eigenvalue weighted by Crippen LogP contribution is 2.44. The Labute approximate surface area is 206 Å². The number of fused-ring (bicyclic) bond motifs is 3. The maximum Gasteiger partial charge on any atom is 0.407 e. The number of hydrogen-bond donors (Lipinski definition) is 2. The number of likely N-dealkylation sites (tertiary alicyclic amines) is 1. The molecule has 0 spiro atoms. The summed E-state index contributed by atoms with van der Waals surface area (Å²) in [6.07, 6.45) is 0.713. The molecule has 0 aromatic heterocycles. The molecule has 1 fully saturated rings. The molecule has 2 aliphatic rings. The van der Waals surface area contributed by atoms with E-state index in [0.717, 1.165) is 11.1 Å².